The van der Waals surface area contributed by atoms with Crippen molar-refractivity contribution in [3.63, 3.8) is 0 Å². The summed E-state index contributed by atoms with van der Waals surface area (Å²) >= 11 is 0. The predicted octanol–water partition coefficient (Wildman–Crippen LogP) is 1.75. The summed E-state index contributed by atoms with van der Waals surface area (Å²) in [6.45, 7) is 4.99. The van der Waals surface area contributed by atoms with Crippen LogP contribution in [0.1, 0.15) is 28.2 Å². The third kappa shape index (κ3) is 3.65. The summed E-state index contributed by atoms with van der Waals surface area (Å²) in [4.78, 5) is 10.0. The summed E-state index contributed by atoms with van der Waals surface area (Å²) in [6, 6.07) is 0. The average molecular weight is 118 g/mol. The Morgan fingerprint density at radius 1 is 1.38 bits per heavy atom. The Bertz CT molecular complexity index is 79.0. The maximum absolute atomic E-state index is 10.0. The van der Waals surface area contributed by atoms with Crippen LogP contribution in [-0.2, 0) is 4.79 Å². The van der Waals surface area contributed by atoms with Gasteiger partial charge in [0.25, 0.3) is 0 Å². The summed E-state index contributed by atoms with van der Waals surface area (Å²) < 4.78 is 0. The quantitative estimate of drug-likeness (QED) is 0.526. The van der Waals surface area contributed by atoms with Gasteiger partial charge in [0.1, 0.15) is 0 Å². The molecule has 8 heavy (non-hydrogen) atoms. The summed E-state index contributed by atoms with van der Waals surface area (Å²) in [5, 5.41) is 8.25. The minimum Gasteiger partial charge on any atom is -0.481 e. The first kappa shape index (κ1) is 10.5. The van der Waals surface area contributed by atoms with Gasteiger partial charge in [0, 0.05) is 0 Å². The van der Waals surface area contributed by atoms with E-state index in [1.807, 2.05) is 0 Å². The smallest absolute Gasteiger partial charge is 0.308 e. The summed E-state index contributed by atoms with van der Waals surface area (Å²) in [7, 11) is 0. The fraction of sp³-hybridized carbons (Fsp3) is 0.833. The lowest BCUT2D eigenvalue weighted by atomic mass is 9.98. The summed E-state index contributed by atoms with van der Waals surface area (Å²) in [6.07, 6.45) is 0. The van der Waals surface area contributed by atoms with Crippen LogP contribution in [0.2, 0.25) is 0 Å². The van der Waals surface area contributed by atoms with Gasteiger partial charge in [0.2, 0.25) is 0 Å². The summed E-state index contributed by atoms with van der Waals surface area (Å²) in [5.74, 6) is -0.757. The molecule has 0 rings (SSSR count). The van der Waals surface area contributed by atoms with Crippen molar-refractivity contribution < 1.29 is 9.90 Å². The van der Waals surface area contributed by atoms with E-state index in [1.165, 1.54) is 0 Å². The highest BCUT2D eigenvalue weighted by molar-refractivity contribution is 5.72. The van der Waals surface area contributed by atoms with Crippen molar-refractivity contribution in [3.8, 4) is 0 Å². The Hall–Kier alpha value is -0.530. The molecule has 0 heterocycles. The van der Waals surface area contributed by atoms with Crippen LogP contribution in [0.15, 0.2) is 0 Å². The number of carbonyl (C=O) groups is 1. The molecule has 0 aromatic rings. The number of hydrogen-bond donors (Lipinski definition) is 1. The Labute approximate surface area is 50.5 Å². The molecule has 0 aromatic heterocycles. The fourth-order valence-electron chi connectivity index (χ4n) is 0. The van der Waals surface area contributed by atoms with E-state index < -0.39 is 11.4 Å². The number of aliphatic carboxylic acids is 1. The van der Waals surface area contributed by atoms with Gasteiger partial charge in [-0.25, -0.2) is 0 Å². The van der Waals surface area contributed by atoms with Crippen LogP contribution in [-0.4, -0.2) is 11.1 Å². The van der Waals surface area contributed by atoms with Gasteiger partial charge in [0.05, 0.1) is 5.41 Å². The zero-order chi connectivity index (χ0) is 6.08. The number of rotatable bonds is 0. The Morgan fingerprint density at radius 3 is 1.50 bits per heavy atom. The Balaban J connectivity index is 0. The van der Waals surface area contributed by atoms with E-state index in [0.717, 1.165) is 0 Å². The molecule has 2 nitrogen and oxygen atoms in total. The molecule has 2 heteroatoms. The number of carboxylic acid groups (broad SMARTS) is 1. The molecule has 0 spiro atoms. The molecule has 0 amide bonds. The first-order chi connectivity index (χ1) is 2.94. The second kappa shape index (κ2) is 2.70. The molecule has 0 atom stereocenters. The lowest BCUT2D eigenvalue weighted by Gasteiger charge is -2.08. The largest absolute Gasteiger partial charge is 0.481 e. The van der Waals surface area contributed by atoms with E-state index in [0.29, 0.717) is 0 Å². The zero-order valence-electron chi connectivity index (χ0n) is 4.86. The van der Waals surface area contributed by atoms with E-state index in [4.69, 9.17) is 5.11 Å². The standard InChI is InChI=1S/C5H10O2.CH4/c1-5(2,3)4(6)7;/h1-3H3,(H,6,7);1H4. The van der Waals surface area contributed by atoms with Crippen molar-refractivity contribution in [1.29, 1.82) is 0 Å². The molecule has 0 aliphatic carbocycles. The van der Waals surface area contributed by atoms with Gasteiger partial charge in [-0.15, -0.1) is 0 Å². The second-order valence-corrected chi connectivity index (χ2v) is 2.56. The highest BCUT2D eigenvalue weighted by atomic mass is 16.4. The molecule has 0 saturated carbocycles. The van der Waals surface area contributed by atoms with Crippen LogP contribution >= 0.6 is 0 Å². The van der Waals surface area contributed by atoms with Crippen LogP contribution in [0.25, 0.3) is 0 Å². The van der Waals surface area contributed by atoms with Crippen LogP contribution in [0.5, 0.6) is 0 Å². The van der Waals surface area contributed by atoms with Crippen molar-refractivity contribution in [2.45, 2.75) is 28.2 Å². The van der Waals surface area contributed by atoms with Crippen molar-refractivity contribution in [1.82, 2.24) is 0 Å². The van der Waals surface area contributed by atoms with Gasteiger partial charge in [-0.1, -0.05) is 7.43 Å². The topological polar surface area (TPSA) is 37.3 Å². The van der Waals surface area contributed by atoms with Crippen molar-refractivity contribution in [2.24, 2.45) is 5.41 Å². The van der Waals surface area contributed by atoms with Crippen molar-refractivity contribution in [2.75, 3.05) is 0 Å². The second-order valence-electron chi connectivity index (χ2n) is 2.56. The maximum Gasteiger partial charge on any atom is 0.308 e. The minimum absolute atomic E-state index is 0. The first-order valence-corrected chi connectivity index (χ1v) is 2.18. The predicted molar refractivity (Wildman–Crippen MR) is 33.8 cm³/mol. The van der Waals surface area contributed by atoms with E-state index in [9.17, 15) is 4.79 Å². The monoisotopic (exact) mass is 118 g/mol. The molecule has 1 N–H and O–H groups in total. The zero-order valence-corrected chi connectivity index (χ0v) is 4.86. The SMILES string of the molecule is C.CC(C)(C)C(=O)O. The van der Waals surface area contributed by atoms with Crippen molar-refractivity contribution >= 4 is 5.97 Å². The summed E-state index contributed by atoms with van der Waals surface area (Å²) in [5.41, 5.74) is -0.583. The minimum atomic E-state index is -0.757. The maximum atomic E-state index is 10.0. The Morgan fingerprint density at radius 2 is 1.50 bits per heavy atom. The van der Waals surface area contributed by atoms with Crippen LogP contribution < -0.4 is 0 Å². The van der Waals surface area contributed by atoms with Crippen LogP contribution in [0.4, 0.5) is 0 Å². The lowest BCUT2D eigenvalue weighted by Crippen LogP contribution is -2.18. The van der Waals surface area contributed by atoms with Crippen molar-refractivity contribution in [3.05, 3.63) is 0 Å². The van der Waals surface area contributed by atoms with E-state index in [-0.39, 0.29) is 7.43 Å². The molecule has 0 aliphatic heterocycles. The third-order valence-corrected chi connectivity index (χ3v) is 0.642. The van der Waals surface area contributed by atoms with E-state index in [1.54, 1.807) is 20.8 Å². The molecule has 50 valence electrons. The normalized spacial score (nSPS) is 9.88. The molecular formula is C6H14O2. The van der Waals surface area contributed by atoms with Crippen LogP contribution in [0, 0.1) is 5.41 Å². The molecule has 0 saturated heterocycles. The Kier molecular flexibility index (Phi) is 3.53. The lowest BCUT2D eigenvalue weighted by molar-refractivity contribution is -0.145. The molecule has 0 aromatic carbocycles. The van der Waals surface area contributed by atoms with Gasteiger partial charge < -0.3 is 5.11 Å². The van der Waals surface area contributed by atoms with E-state index in [2.05, 4.69) is 0 Å². The van der Waals surface area contributed by atoms with E-state index >= 15 is 0 Å². The highest BCUT2D eigenvalue weighted by Crippen LogP contribution is 2.11. The molecule has 0 radical (unpaired) electrons. The number of hydrogen-bond acceptors (Lipinski definition) is 1. The number of carboxylic acids is 1. The van der Waals surface area contributed by atoms with Gasteiger partial charge >= 0.3 is 5.97 Å². The van der Waals surface area contributed by atoms with Gasteiger partial charge in [-0.05, 0) is 20.8 Å². The van der Waals surface area contributed by atoms with Crippen LogP contribution in [0.3, 0.4) is 0 Å². The molecule has 0 unspecified atom stereocenters. The first-order valence-electron chi connectivity index (χ1n) is 2.18. The molecule has 0 fully saturated rings. The van der Waals surface area contributed by atoms with Gasteiger partial charge in [-0.2, -0.15) is 0 Å². The fourth-order valence-corrected chi connectivity index (χ4v) is 0. The highest BCUT2D eigenvalue weighted by Gasteiger charge is 2.18. The molecule has 0 bridgehead atoms. The van der Waals surface area contributed by atoms with Gasteiger partial charge in [-0.3, -0.25) is 4.79 Å². The molecular weight excluding hydrogens is 104 g/mol. The molecule has 0 aliphatic rings. The van der Waals surface area contributed by atoms with Gasteiger partial charge in [0.15, 0.2) is 0 Å². The third-order valence-electron chi connectivity index (χ3n) is 0.642. The average Bonchev–Trinajstić information content (AvgIpc) is 1.31.